The monoisotopic (exact) mass is 388 g/mol. The molecule has 3 aromatic heterocycles. The van der Waals surface area contributed by atoms with Crippen LogP contribution in [0, 0.1) is 0 Å². The maximum absolute atomic E-state index is 6.32. The lowest BCUT2D eigenvalue weighted by Crippen LogP contribution is -2.19. The van der Waals surface area contributed by atoms with Crippen molar-refractivity contribution in [2.24, 2.45) is 0 Å². The molecule has 0 amide bonds. The van der Waals surface area contributed by atoms with Crippen molar-refractivity contribution in [3.8, 4) is 0 Å². The predicted octanol–water partition coefficient (Wildman–Crippen LogP) is 3.80. The highest BCUT2D eigenvalue weighted by Gasteiger charge is 2.24. The standard InChI is InChI=1S/C18H21ClN6S/c1-18(2,3)16-21-13(9-12-11(19)5-4-6-20-12)14-15(23-16)24-17(22-14)25-7-8-26-10-25/h4-6H,7-10H2,1-3H3,(H,21,22,23,24). The highest BCUT2D eigenvalue weighted by atomic mass is 35.5. The molecule has 1 aliphatic heterocycles. The summed E-state index contributed by atoms with van der Waals surface area (Å²) in [6, 6.07) is 3.69. The molecule has 1 saturated heterocycles. The van der Waals surface area contributed by atoms with Gasteiger partial charge in [-0.2, -0.15) is 4.98 Å². The normalized spacial score (nSPS) is 15.2. The molecule has 26 heavy (non-hydrogen) atoms. The number of pyridine rings is 1. The number of nitrogens with one attached hydrogen (secondary N) is 1. The lowest BCUT2D eigenvalue weighted by molar-refractivity contribution is 0.545. The van der Waals surface area contributed by atoms with Crippen LogP contribution in [0.3, 0.4) is 0 Å². The van der Waals surface area contributed by atoms with Crippen LogP contribution in [0.5, 0.6) is 0 Å². The van der Waals surface area contributed by atoms with Crippen LogP contribution in [0.4, 0.5) is 5.95 Å². The number of fused-ring (bicyclic) bond motifs is 1. The number of aromatic nitrogens is 5. The van der Waals surface area contributed by atoms with Gasteiger partial charge in [0.25, 0.3) is 0 Å². The Morgan fingerprint density at radius 1 is 1.23 bits per heavy atom. The molecule has 0 spiro atoms. The van der Waals surface area contributed by atoms with Crippen molar-refractivity contribution in [2.75, 3.05) is 23.1 Å². The van der Waals surface area contributed by atoms with E-state index in [4.69, 9.17) is 26.6 Å². The molecule has 0 saturated carbocycles. The van der Waals surface area contributed by atoms with Gasteiger partial charge in [0.2, 0.25) is 5.95 Å². The van der Waals surface area contributed by atoms with E-state index in [1.165, 1.54) is 0 Å². The van der Waals surface area contributed by atoms with Crippen molar-refractivity contribution in [2.45, 2.75) is 32.6 Å². The van der Waals surface area contributed by atoms with Gasteiger partial charge in [0, 0.05) is 30.3 Å². The summed E-state index contributed by atoms with van der Waals surface area (Å²) in [5.74, 6) is 3.70. The van der Waals surface area contributed by atoms with Crippen LogP contribution >= 0.6 is 23.4 Å². The summed E-state index contributed by atoms with van der Waals surface area (Å²) in [5, 5.41) is 0.646. The summed E-state index contributed by atoms with van der Waals surface area (Å²) in [6.07, 6.45) is 2.29. The molecule has 0 unspecified atom stereocenters. The van der Waals surface area contributed by atoms with Crippen molar-refractivity contribution in [3.05, 3.63) is 40.6 Å². The molecule has 1 N–H and O–H groups in total. The SMILES string of the molecule is CC(C)(C)c1nc(Cc2ncccc2Cl)c2[nH]c(N3CCSC3)nc2n1. The summed E-state index contributed by atoms with van der Waals surface area (Å²) in [7, 11) is 0. The van der Waals surface area contributed by atoms with E-state index in [9.17, 15) is 0 Å². The van der Waals surface area contributed by atoms with Crippen molar-refractivity contribution in [1.82, 2.24) is 24.9 Å². The minimum absolute atomic E-state index is 0.167. The Bertz CT molecular complexity index is 942. The van der Waals surface area contributed by atoms with E-state index >= 15 is 0 Å². The maximum Gasteiger partial charge on any atom is 0.206 e. The van der Waals surface area contributed by atoms with Gasteiger partial charge in [0.1, 0.15) is 11.3 Å². The zero-order chi connectivity index (χ0) is 18.3. The molecule has 0 atom stereocenters. The summed E-state index contributed by atoms with van der Waals surface area (Å²) < 4.78 is 0. The zero-order valence-electron chi connectivity index (χ0n) is 15.1. The lowest BCUT2D eigenvalue weighted by atomic mass is 9.95. The van der Waals surface area contributed by atoms with Crippen molar-refractivity contribution in [1.29, 1.82) is 0 Å². The minimum Gasteiger partial charge on any atom is -0.332 e. The molecule has 3 aromatic rings. The Morgan fingerprint density at radius 2 is 2.08 bits per heavy atom. The van der Waals surface area contributed by atoms with Crippen LogP contribution in [0.2, 0.25) is 5.02 Å². The first-order valence-electron chi connectivity index (χ1n) is 8.61. The molecule has 6 nitrogen and oxygen atoms in total. The topological polar surface area (TPSA) is 70.6 Å². The summed E-state index contributed by atoms with van der Waals surface area (Å²) in [6.45, 7) is 7.31. The second kappa shape index (κ2) is 6.70. The first-order chi connectivity index (χ1) is 12.4. The number of H-pyrrole nitrogens is 1. The van der Waals surface area contributed by atoms with Crippen molar-refractivity contribution >= 4 is 40.5 Å². The molecule has 4 rings (SSSR count). The van der Waals surface area contributed by atoms with Crippen molar-refractivity contribution < 1.29 is 0 Å². The largest absolute Gasteiger partial charge is 0.332 e. The fourth-order valence-corrected chi connectivity index (χ4v) is 3.98. The number of halogens is 1. The third kappa shape index (κ3) is 3.38. The molecule has 0 aromatic carbocycles. The fraction of sp³-hybridized carbons (Fsp3) is 0.444. The van der Waals surface area contributed by atoms with Crippen LogP contribution in [-0.2, 0) is 11.8 Å². The fourth-order valence-electron chi connectivity index (χ4n) is 2.84. The second-order valence-corrected chi connectivity index (χ2v) is 8.89. The number of imidazole rings is 1. The Hall–Kier alpha value is -1.86. The van der Waals surface area contributed by atoms with Gasteiger partial charge in [0.15, 0.2) is 5.65 Å². The van der Waals surface area contributed by atoms with Gasteiger partial charge >= 0.3 is 0 Å². The highest BCUT2D eigenvalue weighted by molar-refractivity contribution is 7.99. The van der Waals surface area contributed by atoms with Gasteiger partial charge in [0.05, 0.1) is 22.3 Å². The van der Waals surface area contributed by atoms with E-state index in [1.54, 1.807) is 6.20 Å². The third-order valence-corrected chi connectivity index (χ3v) is 5.62. The van der Waals surface area contributed by atoms with E-state index in [2.05, 4.69) is 35.6 Å². The Morgan fingerprint density at radius 3 is 2.77 bits per heavy atom. The molecule has 0 bridgehead atoms. The molecule has 0 radical (unpaired) electrons. The number of hydrogen-bond donors (Lipinski definition) is 1. The van der Waals surface area contributed by atoms with Crippen LogP contribution in [0.15, 0.2) is 18.3 Å². The van der Waals surface area contributed by atoms with E-state index in [1.807, 2.05) is 23.9 Å². The molecule has 8 heteroatoms. The zero-order valence-corrected chi connectivity index (χ0v) is 16.7. The smallest absolute Gasteiger partial charge is 0.206 e. The first-order valence-corrected chi connectivity index (χ1v) is 10.1. The van der Waals surface area contributed by atoms with Gasteiger partial charge < -0.3 is 9.88 Å². The molecule has 1 aliphatic rings. The molecule has 1 fully saturated rings. The molecular formula is C18H21ClN6S. The van der Waals surface area contributed by atoms with Crippen LogP contribution < -0.4 is 4.90 Å². The van der Waals surface area contributed by atoms with Crippen LogP contribution in [0.25, 0.3) is 11.2 Å². The molecule has 136 valence electrons. The number of anilines is 1. The van der Waals surface area contributed by atoms with Gasteiger partial charge in [-0.3, -0.25) is 4.98 Å². The maximum atomic E-state index is 6.32. The molecule has 4 heterocycles. The van der Waals surface area contributed by atoms with E-state index < -0.39 is 0 Å². The minimum atomic E-state index is -0.167. The third-order valence-electron chi connectivity index (χ3n) is 4.31. The van der Waals surface area contributed by atoms with E-state index in [-0.39, 0.29) is 5.41 Å². The first kappa shape index (κ1) is 17.5. The van der Waals surface area contributed by atoms with E-state index in [0.29, 0.717) is 17.1 Å². The number of thioether (sulfide) groups is 1. The Labute approximate surface area is 161 Å². The average Bonchev–Trinajstić information content (AvgIpc) is 3.24. The summed E-state index contributed by atoms with van der Waals surface area (Å²) in [5.41, 5.74) is 3.10. The van der Waals surface area contributed by atoms with Crippen molar-refractivity contribution in [3.63, 3.8) is 0 Å². The van der Waals surface area contributed by atoms with Gasteiger partial charge in [-0.05, 0) is 12.1 Å². The summed E-state index contributed by atoms with van der Waals surface area (Å²) >= 11 is 8.23. The second-order valence-electron chi connectivity index (χ2n) is 7.41. The van der Waals surface area contributed by atoms with Gasteiger partial charge in [-0.1, -0.05) is 32.4 Å². The van der Waals surface area contributed by atoms with Crippen LogP contribution in [-0.4, -0.2) is 43.1 Å². The number of nitrogens with zero attached hydrogens (tertiary/aromatic N) is 5. The number of aromatic amines is 1. The Balaban J connectivity index is 1.83. The molecular weight excluding hydrogens is 368 g/mol. The van der Waals surface area contributed by atoms with Gasteiger partial charge in [-0.25, -0.2) is 9.97 Å². The quantitative estimate of drug-likeness (QED) is 0.735. The van der Waals surface area contributed by atoms with Gasteiger partial charge in [-0.15, -0.1) is 11.8 Å². The van der Waals surface area contributed by atoms with E-state index in [0.717, 1.165) is 46.9 Å². The number of hydrogen-bond acceptors (Lipinski definition) is 6. The highest BCUT2D eigenvalue weighted by Crippen LogP contribution is 2.28. The lowest BCUT2D eigenvalue weighted by Gasteiger charge is -2.17. The number of rotatable bonds is 3. The molecule has 0 aliphatic carbocycles. The average molecular weight is 389 g/mol. The predicted molar refractivity (Wildman–Crippen MR) is 107 cm³/mol. The summed E-state index contributed by atoms with van der Waals surface area (Å²) in [4.78, 5) is 24.4. The Kier molecular flexibility index (Phi) is 4.52. The van der Waals surface area contributed by atoms with Crippen LogP contribution in [0.1, 0.15) is 38.0 Å².